The summed E-state index contributed by atoms with van der Waals surface area (Å²) in [5, 5.41) is 151. The molecule has 442 valence electrons. The van der Waals surface area contributed by atoms with Crippen LogP contribution in [0.5, 0.6) is 0 Å². The van der Waals surface area contributed by atoms with E-state index in [2.05, 4.69) is 40.7 Å². The van der Waals surface area contributed by atoms with Crippen molar-refractivity contribution >= 4 is 5.97 Å². The minimum absolute atomic E-state index is 0.0798. The topological polar surface area (TPSA) is 374 Å². The van der Waals surface area contributed by atoms with Gasteiger partial charge in [0.1, 0.15) is 91.6 Å². The van der Waals surface area contributed by atoms with Gasteiger partial charge in [0.2, 0.25) is 6.29 Å². The molecule has 9 aliphatic rings. The molecule has 4 saturated heterocycles. The first-order chi connectivity index (χ1) is 36.0. The van der Waals surface area contributed by atoms with E-state index in [9.17, 15) is 71.5 Å². The maximum Gasteiger partial charge on any atom is 0.315 e. The molecule has 0 aromatic rings. The van der Waals surface area contributed by atoms with Gasteiger partial charge in [0.15, 0.2) is 18.9 Å². The first-order valence-electron chi connectivity index (χ1n) is 27.9. The lowest BCUT2D eigenvalue weighted by molar-refractivity contribution is -0.376. The third kappa shape index (κ3) is 9.51. The molecule has 77 heavy (non-hydrogen) atoms. The highest BCUT2D eigenvalue weighted by Gasteiger charge is 2.72. The second kappa shape index (κ2) is 21.5. The van der Waals surface area contributed by atoms with E-state index in [1.165, 1.54) is 6.92 Å². The Hall–Kier alpha value is -1.63. The average molecular weight is 1110 g/mol. The summed E-state index contributed by atoms with van der Waals surface area (Å²) in [6.45, 7) is 14.5. The quantitative estimate of drug-likeness (QED) is 0.0602. The van der Waals surface area contributed by atoms with E-state index in [1.807, 2.05) is 6.92 Å². The molecule has 0 spiro atoms. The number of fused-ring (bicyclic) bond motifs is 7. The molecule has 23 nitrogen and oxygen atoms in total. The normalized spacial score (nSPS) is 55.7. The molecule has 8 fully saturated rings. The molecule has 4 saturated carbocycles. The lowest BCUT2D eigenvalue weighted by atomic mass is 9.33. The van der Waals surface area contributed by atoms with Crippen LogP contribution in [-0.4, -0.2) is 232 Å². The van der Waals surface area contributed by atoms with Crippen LogP contribution in [0.3, 0.4) is 0 Å². The number of aliphatic hydroxyl groups excluding tert-OH is 13. The fraction of sp³-hybridized carbons (Fsp3) is 0.944. The fourth-order valence-electron chi connectivity index (χ4n) is 16.6. The van der Waals surface area contributed by atoms with Crippen LogP contribution in [0.25, 0.3) is 0 Å². The molecule has 30 atom stereocenters. The van der Waals surface area contributed by atoms with E-state index in [0.29, 0.717) is 38.5 Å². The summed E-state index contributed by atoms with van der Waals surface area (Å²) in [5.74, 6) is -1.49. The SMILES string of the molecule is C[C@@H]1O[C@@H](O[C@H]2[C@H](O[C@H]3CC[C@]4(C)[C@H]5CC=C6[C@H]7[C@](C(=O)O[C@H]8O[C@@H](CO[C@H]9O[C@@H](CO)[C@H](O)[C@@H](O)[C@@H]9O)[C@H](O)[C@@H](O)[C@@H]8O)(CC[C@@H](C)[C@@]7(C)O)CC[C@@]6(C)[C@]5(C)CC[C@H]4C3(C)C)O[C@H](CO)[C@@H](O)[C@@H]2O)[C@H](O)[C@H](O)[C@H]1O. The number of hydrogen-bond donors (Lipinski definition) is 14. The summed E-state index contributed by atoms with van der Waals surface area (Å²) in [6.07, 6.45) is -24.5. The van der Waals surface area contributed by atoms with Crippen LogP contribution in [0.4, 0.5) is 0 Å². The monoisotopic (exact) mass is 1100 g/mol. The minimum Gasteiger partial charge on any atom is -0.432 e. The Morgan fingerprint density at radius 2 is 1.16 bits per heavy atom. The lowest BCUT2D eigenvalue weighted by Gasteiger charge is -2.72. The number of hydrogen-bond acceptors (Lipinski definition) is 23. The predicted octanol–water partition coefficient (Wildman–Crippen LogP) is -2.04. The van der Waals surface area contributed by atoms with Crippen molar-refractivity contribution in [2.75, 3.05) is 19.8 Å². The van der Waals surface area contributed by atoms with E-state index in [1.54, 1.807) is 6.92 Å². The van der Waals surface area contributed by atoms with Crippen LogP contribution in [0, 0.1) is 50.7 Å². The van der Waals surface area contributed by atoms with Crippen LogP contribution in [0.15, 0.2) is 11.6 Å². The van der Waals surface area contributed by atoms with Crippen molar-refractivity contribution in [1.29, 1.82) is 0 Å². The van der Waals surface area contributed by atoms with Gasteiger partial charge in [0.05, 0.1) is 43.0 Å². The summed E-state index contributed by atoms with van der Waals surface area (Å²) in [4.78, 5) is 15.1. The molecule has 4 heterocycles. The van der Waals surface area contributed by atoms with Gasteiger partial charge in [-0.1, -0.05) is 53.2 Å². The molecule has 0 aromatic heterocycles. The van der Waals surface area contributed by atoms with E-state index in [0.717, 1.165) is 24.8 Å². The highest BCUT2D eigenvalue weighted by molar-refractivity contribution is 5.79. The van der Waals surface area contributed by atoms with Crippen LogP contribution in [0.2, 0.25) is 0 Å². The molecule has 23 heteroatoms. The second-order valence-electron chi connectivity index (χ2n) is 26.0. The first kappa shape index (κ1) is 60.0. The van der Waals surface area contributed by atoms with Crippen molar-refractivity contribution in [3.8, 4) is 0 Å². The van der Waals surface area contributed by atoms with Gasteiger partial charge < -0.3 is 109 Å². The van der Waals surface area contributed by atoms with E-state index < -0.39 is 182 Å². The fourth-order valence-corrected chi connectivity index (χ4v) is 16.6. The molecule has 0 radical (unpaired) electrons. The molecule has 0 bridgehead atoms. The first-order valence-corrected chi connectivity index (χ1v) is 27.9. The Kier molecular flexibility index (Phi) is 16.8. The highest BCUT2D eigenvalue weighted by Crippen LogP contribution is 2.76. The molecule has 0 amide bonds. The van der Waals surface area contributed by atoms with Gasteiger partial charge in [-0.25, -0.2) is 0 Å². The van der Waals surface area contributed by atoms with E-state index in [4.69, 9.17) is 37.9 Å². The number of carbonyl (C=O) groups excluding carboxylic acids is 1. The second-order valence-corrected chi connectivity index (χ2v) is 26.0. The van der Waals surface area contributed by atoms with Crippen molar-refractivity contribution in [3.63, 3.8) is 0 Å². The van der Waals surface area contributed by atoms with Crippen molar-refractivity contribution in [1.82, 2.24) is 0 Å². The van der Waals surface area contributed by atoms with Gasteiger partial charge >= 0.3 is 5.97 Å². The van der Waals surface area contributed by atoms with Crippen molar-refractivity contribution in [2.24, 2.45) is 50.7 Å². The third-order valence-corrected chi connectivity index (χ3v) is 21.8. The molecule has 0 unspecified atom stereocenters. The number of ether oxygens (including phenoxy) is 8. The summed E-state index contributed by atoms with van der Waals surface area (Å²) in [7, 11) is 0. The summed E-state index contributed by atoms with van der Waals surface area (Å²) >= 11 is 0. The number of aliphatic hydroxyl groups is 14. The van der Waals surface area contributed by atoms with Gasteiger partial charge in [0, 0.05) is 5.92 Å². The molecular weight excluding hydrogens is 1020 g/mol. The summed E-state index contributed by atoms with van der Waals surface area (Å²) in [6, 6.07) is 0. The molecule has 5 aliphatic carbocycles. The minimum atomic E-state index is -1.90. The molecule has 4 aliphatic heterocycles. The van der Waals surface area contributed by atoms with Crippen LogP contribution in [0.1, 0.15) is 113 Å². The van der Waals surface area contributed by atoms with Crippen molar-refractivity contribution in [3.05, 3.63) is 11.6 Å². The average Bonchev–Trinajstić information content (AvgIpc) is 3.58. The van der Waals surface area contributed by atoms with E-state index in [-0.39, 0.29) is 28.6 Å². The van der Waals surface area contributed by atoms with Gasteiger partial charge in [-0.05, 0) is 111 Å². The standard InChI is InChI=1S/C54H88O23/c1-22-11-16-54(48(68)77-46-41(67)37(63)34(60)27(74-46)21-70-44-39(65)36(62)32(58)25(19-55)72-44)18-17-51(6)24(43(54)53(22,8)69)9-10-29-50(5)14-13-30(49(3,4)28(50)12-15-52(29,51)7)75-47-42(38(64)33(59)26(20-56)73-47)76-45-40(66)35(61)31(57)23(2)71-45/h9,22-23,25-47,55-67,69H,10-21H2,1-8H3/t22-,23+,25+,26-,27+,28+,29-,30+,31+,32+,33-,34+,35-,36-,37-,38+,39+,40-,41+,42-,43-,44+,45+,46-,47+,50+,51-,52-,53-,54+/m1/s1. The van der Waals surface area contributed by atoms with Gasteiger partial charge in [-0.15, -0.1) is 0 Å². The maximum absolute atomic E-state index is 15.1. The lowest BCUT2D eigenvalue weighted by Crippen LogP contribution is -2.68. The van der Waals surface area contributed by atoms with Gasteiger partial charge in [-0.3, -0.25) is 4.79 Å². The zero-order valence-electron chi connectivity index (χ0n) is 45.4. The smallest absolute Gasteiger partial charge is 0.315 e. The van der Waals surface area contributed by atoms with Crippen molar-refractivity contribution < 1.29 is 114 Å². The largest absolute Gasteiger partial charge is 0.432 e. The number of rotatable bonds is 11. The Labute approximate surface area is 449 Å². The number of carbonyl (C=O) groups is 1. The Bertz CT molecular complexity index is 2130. The summed E-state index contributed by atoms with van der Waals surface area (Å²) < 4.78 is 47.8. The summed E-state index contributed by atoms with van der Waals surface area (Å²) in [5.41, 5.74) is -3.38. The van der Waals surface area contributed by atoms with Crippen LogP contribution >= 0.6 is 0 Å². The predicted molar refractivity (Wildman–Crippen MR) is 263 cm³/mol. The zero-order valence-corrected chi connectivity index (χ0v) is 45.4. The molecule has 9 rings (SSSR count). The highest BCUT2D eigenvalue weighted by atomic mass is 16.8. The Balaban J connectivity index is 0.945. The maximum atomic E-state index is 15.1. The third-order valence-electron chi connectivity index (χ3n) is 21.8. The number of esters is 1. The van der Waals surface area contributed by atoms with E-state index >= 15 is 4.79 Å². The van der Waals surface area contributed by atoms with Crippen molar-refractivity contribution in [2.45, 2.75) is 248 Å². The Morgan fingerprint density at radius 1 is 0.584 bits per heavy atom. The zero-order chi connectivity index (χ0) is 56.4. The van der Waals surface area contributed by atoms with Crippen LogP contribution in [-0.2, 0) is 42.7 Å². The van der Waals surface area contributed by atoms with Gasteiger partial charge in [0.25, 0.3) is 0 Å². The molecule has 14 N–H and O–H groups in total. The molecule has 0 aromatic carbocycles. The Morgan fingerprint density at radius 3 is 1.81 bits per heavy atom. The van der Waals surface area contributed by atoms with Crippen LogP contribution < -0.4 is 0 Å². The molecular formula is C54H88O23. The number of allylic oxidation sites excluding steroid dienone is 1. The van der Waals surface area contributed by atoms with Gasteiger partial charge in [-0.2, -0.15) is 0 Å².